The van der Waals surface area contributed by atoms with Gasteiger partial charge in [0.05, 0.1) is 43.7 Å². The molecule has 0 amide bonds. The van der Waals surface area contributed by atoms with Gasteiger partial charge in [-0.3, -0.25) is 0 Å². The smallest absolute Gasteiger partial charge is 0.104 e. The van der Waals surface area contributed by atoms with Gasteiger partial charge in [-0.2, -0.15) is 0 Å². The fraction of sp³-hybridized carbons (Fsp3) is 1.00. The van der Waals surface area contributed by atoms with Gasteiger partial charge < -0.3 is 18.9 Å². The highest BCUT2D eigenvalue weighted by molar-refractivity contribution is 4.87. The van der Waals surface area contributed by atoms with Gasteiger partial charge in [-0.25, -0.2) is 0 Å². The van der Waals surface area contributed by atoms with Crippen molar-refractivity contribution in [2.24, 2.45) is 0 Å². The predicted molar refractivity (Wildman–Crippen MR) is 87.2 cm³/mol. The molecule has 0 aromatic heterocycles. The van der Waals surface area contributed by atoms with E-state index in [9.17, 15) is 0 Å². The summed E-state index contributed by atoms with van der Waals surface area (Å²) in [6, 6.07) is 0. The molecule has 0 spiro atoms. The molecule has 0 saturated carbocycles. The van der Waals surface area contributed by atoms with Crippen molar-refractivity contribution in [1.82, 2.24) is 0 Å². The van der Waals surface area contributed by atoms with E-state index in [1.165, 1.54) is 0 Å². The highest BCUT2D eigenvalue weighted by atomic mass is 16.6. The minimum atomic E-state index is -0.0603. The molecule has 22 heavy (non-hydrogen) atoms. The van der Waals surface area contributed by atoms with E-state index in [1.807, 2.05) is 0 Å². The first-order valence-corrected chi connectivity index (χ1v) is 9.12. The topological polar surface area (TPSA) is 43.5 Å². The van der Waals surface area contributed by atoms with E-state index in [4.69, 9.17) is 18.9 Å². The van der Waals surface area contributed by atoms with E-state index in [-0.39, 0.29) is 11.2 Å². The van der Waals surface area contributed by atoms with E-state index in [1.54, 1.807) is 0 Å². The highest BCUT2D eigenvalue weighted by Gasteiger charge is 2.37. The van der Waals surface area contributed by atoms with E-state index in [0.717, 1.165) is 65.0 Å². The molecule has 4 heteroatoms. The Balaban J connectivity index is 1.81. The molecule has 0 radical (unpaired) electrons. The van der Waals surface area contributed by atoms with Gasteiger partial charge in [-0.05, 0) is 32.1 Å². The van der Waals surface area contributed by atoms with Crippen molar-refractivity contribution in [2.45, 2.75) is 89.6 Å². The molecule has 2 rings (SSSR count). The summed E-state index contributed by atoms with van der Waals surface area (Å²) in [4.78, 5) is 0. The Morgan fingerprint density at radius 1 is 0.818 bits per heavy atom. The Labute approximate surface area is 135 Å². The molecule has 2 aliphatic heterocycles. The third-order valence-electron chi connectivity index (χ3n) is 5.52. The molecule has 2 heterocycles. The van der Waals surface area contributed by atoms with Gasteiger partial charge in [0.1, 0.15) is 6.10 Å². The number of epoxide rings is 2. The summed E-state index contributed by atoms with van der Waals surface area (Å²) in [6.07, 6.45) is 6.88. The second kappa shape index (κ2) is 8.09. The van der Waals surface area contributed by atoms with E-state index >= 15 is 0 Å². The summed E-state index contributed by atoms with van der Waals surface area (Å²) in [7, 11) is 0. The minimum Gasteiger partial charge on any atom is -0.375 e. The molecule has 0 aliphatic carbocycles. The second-order valence-electron chi connectivity index (χ2n) is 6.80. The van der Waals surface area contributed by atoms with Crippen molar-refractivity contribution in [3.8, 4) is 0 Å². The quantitative estimate of drug-likeness (QED) is 0.486. The zero-order valence-electron chi connectivity index (χ0n) is 14.9. The summed E-state index contributed by atoms with van der Waals surface area (Å²) < 4.78 is 23.2. The SMILES string of the molecule is CCC(CC)(CCOC(CC)(CC)CC1CO1)OCC1CO1. The molecule has 0 N–H and O–H groups in total. The molecule has 2 atom stereocenters. The van der Waals surface area contributed by atoms with Crippen LogP contribution in [0.15, 0.2) is 0 Å². The molecule has 2 fully saturated rings. The van der Waals surface area contributed by atoms with Crippen LogP contribution in [0.3, 0.4) is 0 Å². The predicted octanol–water partition coefficient (Wildman–Crippen LogP) is 3.72. The van der Waals surface area contributed by atoms with E-state index < -0.39 is 0 Å². The number of hydrogen-bond acceptors (Lipinski definition) is 4. The van der Waals surface area contributed by atoms with Crippen LogP contribution in [0.2, 0.25) is 0 Å². The Bertz CT molecular complexity index is 315. The van der Waals surface area contributed by atoms with Gasteiger partial charge in [0.25, 0.3) is 0 Å². The van der Waals surface area contributed by atoms with E-state index in [2.05, 4.69) is 27.7 Å². The van der Waals surface area contributed by atoms with Crippen molar-refractivity contribution in [3.05, 3.63) is 0 Å². The van der Waals surface area contributed by atoms with Crippen LogP contribution in [0.4, 0.5) is 0 Å². The highest BCUT2D eigenvalue weighted by Crippen LogP contribution is 2.33. The standard InChI is InChI=1S/C18H34O4/c1-5-17(6-2,22-14-16-13-20-16)9-10-21-18(7-3,8-4)11-15-12-19-15/h15-16H,5-14H2,1-4H3. The second-order valence-corrected chi connectivity index (χ2v) is 6.80. The summed E-state index contributed by atoms with van der Waals surface area (Å²) >= 11 is 0. The summed E-state index contributed by atoms with van der Waals surface area (Å²) in [5, 5.41) is 0. The Morgan fingerprint density at radius 3 is 1.82 bits per heavy atom. The van der Waals surface area contributed by atoms with Gasteiger partial charge in [0, 0.05) is 6.42 Å². The van der Waals surface area contributed by atoms with Crippen LogP contribution in [0.1, 0.15) is 66.2 Å². The molecule has 2 aliphatic rings. The van der Waals surface area contributed by atoms with Gasteiger partial charge in [-0.15, -0.1) is 0 Å². The average Bonchev–Trinajstić information content (AvgIpc) is 3.45. The van der Waals surface area contributed by atoms with Crippen molar-refractivity contribution >= 4 is 0 Å². The lowest BCUT2D eigenvalue weighted by molar-refractivity contribution is -0.109. The summed E-state index contributed by atoms with van der Waals surface area (Å²) in [5.41, 5.74) is -0.0801. The summed E-state index contributed by atoms with van der Waals surface area (Å²) in [5.74, 6) is 0. The zero-order chi connectivity index (χ0) is 16.1. The first-order chi connectivity index (χ1) is 10.6. The minimum absolute atomic E-state index is 0.0198. The molecule has 4 nitrogen and oxygen atoms in total. The lowest BCUT2D eigenvalue weighted by Gasteiger charge is -2.36. The maximum Gasteiger partial charge on any atom is 0.104 e. The van der Waals surface area contributed by atoms with Crippen molar-refractivity contribution in [2.75, 3.05) is 26.4 Å². The van der Waals surface area contributed by atoms with E-state index in [0.29, 0.717) is 12.2 Å². The van der Waals surface area contributed by atoms with Crippen molar-refractivity contribution in [3.63, 3.8) is 0 Å². The molecule has 2 unspecified atom stereocenters. The fourth-order valence-corrected chi connectivity index (χ4v) is 3.17. The summed E-state index contributed by atoms with van der Waals surface area (Å²) in [6.45, 7) is 12.1. The molecule has 0 bridgehead atoms. The molecule has 130 valence electrons. The van der Waals surface area contributed by atoms with Crippen LogP contribution < -0.4 is 0 Å². The largest absolute Gasteiger partial charge is 0.375 e. The number of hydrogen-bond donors (Lipinski definition) is 0. The lowest BCUT2D eigenvalue weighted by atomic mass is 9.90. The van der Waals surface area contributed by atoms with Crippen LogP contribution in [0.25, 0.3) is 0 Å². The maximum absolute atomic E-state index is 6.37. The van der Waals surface area contributed by atoms with Crippen LogP contribution in [-0.4, -0.2) is 49.8 Å². The maximum atomic E-state index is 6.37. The van der Waals surface area contributed by atoms with Crippen LogP contribution in [0, 0.1) is 0 Å². The molecular formula is C18H34O4. The Kier molecular flexibility index (Phi) is 6.69. The third kappa shape index (κ3) is 5.19. The van der Waals surface area contributed by atoms with Gasteiger partial charge in [-0.1, -0.05) is 27.7 Å². The van der Waals surface area contributed by atoms with Gasteiger partial charge in [0.15, 0.2) is 0 Å². The number of ether oxygens (including phenoxy) is 4. The third-order valence-corrected chi connectivity index (χ3v) is 5.52. The van der Waals surface area contributed by atoms with Gasteiger partial charge in [0.2, 0.25) is 0 Å². The van der Waals surface area contributed by atoms with Crippen LogP contribution >= 0.6 is 0 Å². The van der Waals surface area contributed by atoms with Gasteiger partial charge >= 0.3 is 0 Å². The van der Waals surface area contributed by atoms with Crippen LogP contribution in [-0.2, 0) is 18.9 Å². The monoisotopic (exact) mass is 314 g/mol. The number of rotatable bonds is 13. The molecule has 2 saturated heterocycles. The van der Waals surface area contributed by atoms with Crippen molar-refractivity contribution < 1.29 is 18.9 Å². The van der Waals surface area contributed by atoms with Crippen molar-refractivity contribution in [1.29, 1.82) is 0 Å². The lowest BCUT2D eigenvalue weighted by Crippen LogP contribution is -2.38. The normalized spacial score (nSPS) is 24.5. The first kappa shape index (κ1) is 18.2. The molecular weight excluding hydrogens is 280 g/mol. The zero-order valence-corrected chi connectivity index (χ0v) is 14.9. The molecule has 0 aromatic rings. The van der Waals surface area contributed by atoms with Crippen LogP contribution in [0.5, 0.6) is 0 Å². The average molecular weight is 314 g/mol. The first-order valence-electron chi connectivity index (χ1n) is 9.12. The fourth-order valence-electron chi connectivity index (χ4n) is 3.17. The molecule has 0 aromatic carbocycles. The Hall–Kier alpha value is -0.160. The Morgan fingerprint density at radius 2 is 1.36 bits per heavy atom.